The molecule has 0 unspecified atom stereocenters. The van der Waals surface area contributed by atoms with E-state index in [0.29, 0.717) is 23.6 Å². The van der Waals surface area contributed by atoms with Crippen molar-refractivity contribution in [1.29, 1.82) is 0 Å². The van der Waals surface area contributed by atoms with Gasteiger partial charge < -0.3 is 13.8 Å². The molecule has 10 heteroatoms. The lowest BCUT2D eigenvalue weighted by molar-refractivity contribution is 0.0411. The number of benzene rings is 1. The number of nitrogens with zero attached hydrogens (tertiary/aromatic N) is 3. The number of carbonyl (C=O) groups excluding carboxylic acids is 1. The molecule has 0 spiro atoms. The average Bonchev–Trinajstić information content (AvgIpc) is 3.20. The van der Waals surface area contributed by atoms with E-state index in [2.05, 4.69) is 17.1 Å². The fourth-order valence-corrected chi connectivity index (χ4v) is 3.21. The molecule has 27 heavy (non-hydrogen) atoms. The number of unbranched alkanes of at least 4 members (excludes halogenated alkanes) is 1. The Morgan fingerprint density at radius 3 is 2.74 bits per heavy atom. The fourth-order valence-electron chi connectivity index (χ4n) is 2.67. The van der Waals surface area contributed by atoms with Gasteiger partial charge in [0.1, 0.15) is 12.4 Å². The maximum absolute atomic E-state index is 12.1. The second-order valence-electron chi connectivity index (χ2n) is 6.14. The van der Waals surface area contributed by atoms with Crippen LogP contribution >= 0.6 is 0 Å². The van der Waals surface area contributed by atoms with Crippen LogP contribution < -0.4 is 5.14 Å². The summed E-state index contributed by atoms with van der Waals surface area (Å²) in [4.78, 5) is 16.5. The number of sulfonamides is 1. The summed E-state index contributed by atoms with van der Waals surface area (Å²) in [5.74, 6) is -0.121. The fraction of sp³-hybridized carbons (Fsp3) is 0.353. The number of imidazole rings is 1. The van der Waals surface area contributed by atoms with Gasteiger partial charge in [-0.05, 0) is 31.5 Å². The number of aromatic nitrogens is 3. The van der Waals surface area contributed by atoms with Gasteiger partial charge in [-0.1, -0.05) is 18.5 Å². The average molecular weight is 392 g/mol. The van der Waals surface area contributed by atoms with Crippen molar-refractivity contribution < 1.29 is 22.5 Å². The van der Waals surface area contributed by atoms with E-state index in [1.54, 1.807) is 13.0 Å². The van der Waals surface area contributed by atoms with E-state index in [1.165, 1.54) is 18.2 Å². The summed E-state index contributed by atoms with van der Waals surface area (Å²) in [6, 6.07) is 6.00. The van der Waals surface area contributed by atoms with Crippen molar-refractivity contribution in [1.82, 2.24) is 14.7 Å². The van der Waals surface area contributed by atoms with E-state index in [9.17, 15) is 13.2 Å². The first-order valence-corrected chi connectivity index (χ1v) is 9.96. The lowest BCUT2D eigenvalue weighted by atomic mass is 10.3. The van der Waals surface area contributed by atoms with Crippen LogP contribution in [0.25, 0.3) is 11.0 Å². The number of ether oxygens (including phenoxy) is 1. The maximum atomic E-state index is 12.1. The van der Waals surface area contributed by atoms with Gasteiger partial charge >= 0.3 is 5.97 Å². The molecule has 2 heterocycles. The van der Waals surface area contributed by atoms with Crippen molar-refractivity contribution in [2.24, 2.45) is 5.14 Å². The minimum atomic E-state index is -3.83. The number of primary sulfonamides is 1. The van der Waals surface area contributed by atoms with E-state index in [-0.39, 0.29) is 17.3 Å². The Balaban J connectivity index is 1.91. The summed E-state index contributed by atoms with van der Waals surface area (Å²) < 4.78 is 35.2. The SMILES string of the molecule is CCCCn1c(COC(=O)c2cc(C)no2)nc2cc(S(N)(=O)=O)ccc21. The molecule has 3 aromatic rings. The third-order valence-corrected chi connectivity index (χ3v) is 4.94. The predicted molar refractivity (Wildman–Crippen MR) is 96.4 cm³/mol. The van der Waals surface area contributed by atoms with Gasteiger partial charge in [0.25, 0.3) is 0 Å². The van der Waals surface area contributed by atoms with Crippen LogP contribution in [0.1, 0.15) is 41.8 Å². The second-order valence-corrected chi connectivity index (χ2v) is 7.70. The highest BCUT2D eigenvalue weighted by Crippen LogP contribution is 2.21. The quantitative estimate of drug-likeness (QED) is 0.609. The van der Waals surface area contributed by atoms with Crippen LogP contribution in [0, 0.1) is 6.92 Å². The summed E-state index contributed by atoms with van der Waals surface area (Å²) in [6.45, 7) is 4.34. The molecular formula is C17H20N4O5S. The molecule has 0 amide bonds. The molecule has 0 fully saturated rings. The molecule has 144 valence electrons. The monoisotopic (exact) mass is 392 g/mol. The zero-order valence-corrected chi connectivity index (χ0v) is 15.8. The molecule has 0 aliphatic heterocycles. The molecule has 0 aliphatic carbocycles. The topological polar surface area (TPSA) is 130 Å². The molecule has 9 nitrogen and oxygen atoms in total. The molecule has 2 aromatic heterocycles. The Morgan fingerprint density at radius 1 is 1.33 bits per heavy atom. The smallest absolute Gasteiger partial charge is 0.377 e. The Bertz CT molecular complexity index is 1080. The Hall–Kier alpha value is -2.72. The van der Waals surface area contributed by atoms with Crippen LogP contribution in [0.4, 0.5) is 0 Å². The van der Waals surface area contributed by atoms with E-state index in [4.69, 9.17) is 14.4 Å². The highest BCUT2D eigenvalue weighted by Gasteiger charge is 2.18. The number of rotatable bonds is 7. The molecule has 3 rings (SSSR count). The standard InChI is InChI=1S/C17H20N4O5S/c1-3-4-7-21-14-6-5-12(27(18,23)24)9-13(14)19-16(21)10-25-17(22)15-8-11(2)20-26-15/h5-6,8-9H,3-4,7,10H2,1-2H3,(H2,18,23,24). The summed E-state index contributed by atoms with van der Waals surface area (Å²) in [5.41, 5.74) is 1.80. The number of hydrogen-bond donors (Lipinski definition) is 1. The lowest BCUT2D eigenvalue weighted by Gasteiger charge is -2.08. The Kier molecular flexibility index (Phi) is 5.29. The largest absolute Gasteiger partial charge is 0.452 e. The van der Waals surface area contributed by atoms with Crippen molar-refractivity contribution in [3.63, 3.8) is 0 Å². The first-order chi connectivity index (χ1) is 12.8. The van der Waals surface area contributed by atoms with Crippen LogP contribution in [-0.2, 0) is 27.9 Å². The predicted octanol–water partition coefficient (Wildman–Crippen LogP) is 2.14. The Morgan fingerprint density at radius 2 is 2.11 bits per heavy atom. The highest BCUT2D eigenvalue weighted by atomic mass is 32.2. The minimum Gasteiger partial charge on any atom is -0.452 e. The molecule has 0 saturated carbocycles. The molecule has 0 aliphatic rings. The van der Waals surface area contributed by atoms with Gasteiger partial charge in [0.05, 0.1) is 21.6 Å². The highest BCUT2D eigenvalue weighted by molar-refractivity contribution is 7.89. The van der Waals surface area contributed by atoms with Crippen LogP contribution in [-0.4, -0.2) is 29.1 Å². The summed E-state index contributed by atoms with van der Waals surface area (Å²) in [5, 5.41) is 8.84. The molecule has 0 radical (unpaired) electrons. The van der Waals surface area contributed by atoms with Crippen LogP contribution in [0.3, 0.4) is 0 Å². The van der Waals surface area contributed by atoms with Gasteiger partial charge in [-0.15, -0.1) is 0 Å². The summed E-state index contributed by atoms with van der Waals surface area (Å²) in [6.07, 6.45) is 1.86. The normalized spacial score (nSPS) is 11.8. The van der Waals surface area contributed by atoms with E-state index < -0.39 is 16.0 Å². The van der Waals surface area contributed by atoms with Crippen molar-refractivity contribution in [2.75, 3.05) is 0 Å². The third-order valence-electron chi connectivity index (χ3n) is 4.02. The van der Waals surface area contributed by atoms with Gasteiger partial charge in [-0.3, -0.25) is 0 Å². The van der Waals surface area contributed by atoms with Gasteiger partial charge in [-0.2, -0.15) is 0 Å². The van der Waals surface area contributed by atoms with Crippen molar-refractivity contribution in [3.8, 4) is 0 Å². The molecule has 0 atom stereocenters. The number of carbonyl (C=O) groups is 1. The van der Waals surface area contributed by atoms with E-state index in [0.717, 1.165) is 18.4 Å². The van der Waals surface area contributed by atoms with Crippen LogP contribution in [0.2, 0.25) is 0 Å². The minimum absolute atomic E-state index is 0.0141. The molecule has 2 N–H and O–H groups in total. The third kappa shape index (κ3) is 4.17. The van der Waals surface area contributed by atoms with Gasteiger partial charge in [0.15, 0.2) is 0 Å². The molecule has 0 saturated heterocycles. The lowest BCUT2D eigenvalue weighted by Crippen LogP contribution is -2.12. The first kappa shape index (κ1) is 19.1. The second kappa shape index (κ2) is 7.49. The van der Waals surface area contributed by atoms with E-state index in [1.807, 2.05) is 4.57 Å². The van der Waals surface area contributed by atoms with Gasteiger partial charge in [0, 0.05) is 12.6 Å². The number of aryl methyl sites for hydroxylation is 2. The molecular weight excluding hydrogens is 372 g/mol. The van der Waals surface area contributed by atoms with Crippen LogP contribution in [0.5, 0.6) is 0 Å². The molecule has 1 aromatic carbocycles. The van der Waals surface area contributed by atoms with Crippen molar-refractivity contribution >= 4 is 27.0 Å². The zero-order valence-electron chi connectivity index (χ0n) is 15.0. The number of fused-ring (bicyclic) bond motifs is 1. The van der Waals surface area contributed by atoms with Crippen molar-refractivity contribution in [2.45, 2.75) is 44.7 Å². The van der Waals surface area contributed by atoms with Crippen LogP contribution in [0.15, 0.2) is 33.7 Å². The number of nitrogens with two attached hydrogens (primary N) is 1. The van der Waals surface area contributed by atoms with Gasteiger partial charge in [-0.25, -0.2) is 23.3 Å². The van der Waals surface area contributed by atoms with E-state index >= 15 is 0 Å². The number of esters is 1. The zero-order chi connectivity index (χ0) is 19.6. The Labute approximate surface area is 156 Å². The first-order valence-electron chi connectivity index (χ1n) is 8.42. The summed E-state index contributed by atoms with van der Waals surface area (Å²) in [7, 11) is -3.83. The van der Waals surface area contributed by atoms with Gasteiger partial charge in [0.2, 0.25) is 15.8 Å². The summed E-state index contributed by atoms with van der Waals surface area (Å²) >= 11 is 0. The maximum Gasteiger partial charge on any atom is 0.377 e. The van der Waals surface area contributed by atoms with Crippen molar-refractivity contribution in [3.05, 3.63) is 41.5 Å². The number of hydrogen-bond acceptors (Lipinski definition) is 7. The molecule has 0 bridgehead atoms.